The first-order valence-electron chi connectivity index (χ1n) is 7.09. The third kappa shape index (κ3) is 6.48. The fourth-order valence-corrected chi connectivity index (χ4v) is 3.11. The van der Waals surface area contributed by atoms with Gasteiger partial charge >= 0.3 is 5.97 Å². The number of aliphatic imine (C=N–C) groups is 1. The van der Waals surface area contributed by atoms with Crippen LogP contribution in [0.5, 0.6) is 0 Å². The van der Waals surface area contributed by atoms with E-state index < -0.39 is 8.07 Å². The van der Waals surface area contributed by atoms with Crippen molar-refractivity contribution in [3.05, 3.63) is 35.4 Å². The molecule has 21 heavy (non-hydrogen) atoms. The fourth-order valence-electron chi connectivity index (χ4n) is 1.80. The number of benzene rings is 1. The zero-order chi connectivity index (χ0) is 16.0. The largest absolute Gasteiger partial charge is 0.458 e. The van der Waals surface area contributed by atoms with Crippen LogP contribution in [-0.4, -0.2) is 31.5 Å². The molecule has 5 heteroatoms. The summed E-state index contributed by atoms with van der Waals surface area (Å²) in [5.74, 6) is -0.256. The number of hydrogen-bond donors (Lipinski definition) is 0. The molecule has 0 bridgehead atoms. The van der Waals surface area contributed by atoms with Crippen LogP contribution in [0.25, 0.3) is 0 Å². The van der Waals surface area contributed by atoms with E-state index in [0.29, 0.717) is 0 Å². The minimum absolute atomic E-state index is 0.215. The van der Waals surface area contributed by atoms with Gasteiger partial charge in [0.1, 0.15) is 6.10 Å². The van der Waals surface area contributed by atoms with Crippen LogP contribution in [0.4, 0.5) is 0 Å². The van der Waals surface area contributed by atoms with Gasteiger partial charge in [0.15, 0.2) is 0 Å². The number of esters is 1. The number of hydrogen-bond acceptors (Lipinski definition) is 4. The Labute approximate surface area is 133 Å². The second-order valence-electron chi connectivity index (χ2n) is 6.26. The first-order valence-corrected chi connectivity index (χ1v) is 12.0. The third-order valence-corrected chi connectivity index (χ3v) is 4.72. The van der Waals surface area contributed by atoms with Gasteiger partial charge in [0, 0.05) is 18.7 Å². The fraction of sp³-hybridized carbons (Fsp3) is 0.500. The summed E-state index contributed by atoms with van der Waals surface area (Å²) >= 11 is 1.68. The van der Waals surface area contributed by atoms with E-state index in [1.54, 1.807) is 11.8 Å². The molecule has 0 aliphatic carbocycles. The molecule has 0 aromatic heterocycles. The molecule has 0 radical (unpaired) electrons. The highest BCUT2D eigenvalue weighted by molar-refractivity contribution is 8.13. The molecule has 0 aliphatic rings. The minimum atomic E-state index is -1.17. The van der Waals surface area contributed by atoms with Gasteiger partial charge in [-0.2, -0.15) is 0 Å². The predicted molar refractivity (Wildman–Crippen MR) is 94.9 cm³/mol. The molecular weight excluding hydrogens is 298 g/mol. The summed E-state index contributed by atoms with van der Waals surface area (Å²) < 4.78 is 5.19. The van der Waals surface area contributed by atoms with Gasteiger partial charge < -0.3 is 4.74 Å². The molecule has 1 aromatic rings. The number of nitrogens with zero attached hydrogens (tertiary/aromatic N) is 1. The summed E-state index contributed by atoms with van der Waals surface area (Å²) in [6.07, 6.45) is 2.78. The van der Waals surface area contributed by atoms with Crippen molar-refractivity contribution in [2.45, 2.75) is 39.6 Å². The van der Waals surface area contributed by atoms with Crippen molar-refractivity contribution < 1.29 is 9.53 Å². The lowest BCUT2D eigenvalue weighted by Crippen LogP contribution is -2.25. The van der Waals surface area contributed by atoms with Crippen molar-refractivity contribution in [2.75, 3.05) is 12.4 Å². The lowest BCUT2D eigenvalue weighted by Gasteiger charge is -2.14. The lowest BCUT2D eigenvalue weighted by atomic mass is 10.1. The molecule has 1 unspecified atom stereocenters. The quantitative estimate of drug-likeness (QED) is 0.351. The Bertz CT molecular complexity index is 506. The molecule has 116 valence electrons. The van der Waals surface area contributed by atoms with Crippen LogP contribution in [0.3, 0.4) is 0 Å². The topological polar surface area (TPSA) is 38.7 Å². The summed E-state index contributed by atoms with van der Waals surface area (Å²) in [6, 6.07) is 8.11. The molecule has 0 fully saturated rings. The Morgan fingerprint density at radius 3 is 2.29 bits per heavy atom. The highest BCUT2D eigenvalue weighted by atomic mass is 32.2. The van der Waals surface area contributed by atoms with Gasteiger partial charge in [-0.05, 0) is 18.7 Å². The number of carbonyl (C=O) groups excluding carboxylic acids is 1. The number of rotatable bonds is 5. The van der Waals surface area contributed by atoms with E-state index in [9.17, 15) is 4.79 Å². The molecule has 0 amide bonds. The highest BCUT2D eigenvalue weighted by Crippen LogP contribution is 2.20. The minimum Gasteiger partial charge on any atom is -0.458 e. The second-order valence-corrected chi connectivity index (χ2v) is 12.5. The molecule has 0 saturated heterocycles. The molecule has 1 atom stereocenters. The molecule has 3 nitrogen and oxygen atoms in total. The van der Waals surface area contributed by atoms with Crippen LogP contribution in [0.1, 0.15) is 31.1 Å². The molecule has 0 N–H and O–H groups in total. The van der Waals surface area contributed by atoms with Crippen molar-refractivity contribution in [3.63, 3.8) is 0 Å². The van der Waals surface area contributed by atoms with E-state index in [-0.39, 0.29) is 12.1 Å². The predicted octanol–water partition coefficient (Wildman–Crippen LogP) is 4.30. The molecule has 1 rings (SSSR count). The highest BCUT2D eigenvalue weighted by Gasteiger charge is 2.13. The summed E-state index contributed by atoms with van der Waals surface area (Å²) in [7, 11) is -1.17. The maximum atomic E-state index is 11.0. The summed E-state index contributed by atoms with van der Waals surface area (Å²) in [5, 5.41) is 1.07. The van der Waals surface area contributed by atoms with E-state index in [0.717, 1.165) is 22.3 Å². The van der Waals surface area contributed by atoms with E-state index in [1.165, 1.54) is 6.92 Å². The Kier molecular flexibility index (Phi) is 6.68. The smallest absolute Gasteiger partial charge is 0.303 e. The number of ether oxygens (including phenoxy) is 1. The zero-order valence-electron chi connectivity index (χ0n) is 13.8. The van der Waals surface area contributed by atoms with Crippen molar-refractivity contribution in [1.29, 1.82) is 0 Å². The first kappa shape index (κ1) is 18.0. The van der Waals surface area contributed by atoms with Crippen LogP contribution in [-0.2, 0) is 9.53 Å². The summed E-state index contributed by atoms with van der Waals surface area (Å²) in [6.45, 7) is 10.3. The van der Waals surface area contributed by atoms with Crippen LogP contribution < -0.4 is 0 Å². The van der Waals surface area contributed by atoms with Crippen molar-refractivity contribution in [3.8, 4) is 0 Å². The SMILES string of the molecule is CS/C(=N\C[Si](C)(C)C)c1ccc(C(C)OC(C)=O)cc1. The average Bonchev–Trinajstić information content (AvgIpc) is 2.38. The Morgan fingerprint density at radius 2 is 1.86 bits per heavy atom. The van der Waals surface area contributed by atoms with Crippen molar-refractivity contribution in [2.24, 2.45) is 4.99 Å². The standard InChI is InChI=1S/C16H25NO2SSi/c1-12(19-13(2)18)14-7-9-15(10-8-14)16(20-3)17-11-21(4,5)6/h7-10,12H,11H2,1-6H3/b17-16-. The first-order chi connectivity index (χ1) is 9.73. The second kappa shape index (κ2) is 7.80. The molecule has 0 heterocycles. The summed E-state index contributed by atoms with van der Waals surface area (Å²) in [4.78, 5) is 15.7. The lowest BCUT2D eigenvalue weighted by molar-refractivity contribution is -0.145. The maximum Gasteiger partial charge on any atom is 0.303 e. The van der Waals surface area contributed by atoms with Gasteiger partial charge in [-0.15, -0.1) is 11.8 Å². The van der Waals surface area contributed by atoms with Crippen LogP contribution in [0.2, 0.25) is 19.6 Å². The Hall–Kier alpha value is -1.07. The van der Waals surface area contributed by atoms with E-state index in [1.807, 2.05) is 19.1 Å². The van der Waals surface area contributed by atoms with Gasteiger partial charge in [0.25, 0.3) is 0 Å². The van der Waals surface area contributed by atoms with Crippen molar-refractivity contribution >= 4 is 30.8 Å². The monoisotopic (exact) mass is 323 g/mol. The number of carbonyl (C=O) groups is 1. The summed E-state index contributed by atoms with van der Waals surface area (Å²) in [5.41, 5.74) is 2.12. The molecule has 0 spiro atoms. The molecular formula is C16H25NO2SSi. The van der Waals surface area contributed by atoms with Crippen LogP contribution in [0.15, 0.2) is 29.3 Å². The van der Waals surface area contributed by atoms with Crippen molar-refractivity contribution in [1.82, 2.24) is 0 Å². The number of thioether (sulfide) groups is 1. The van der Waals surface area contributed by atoms with E-state index >= 15 is 0 Å². The Morgan fingerprint density at radius 1 is 1.29 bits per heavy atom. The maximum absolute atomic E-state index is 11.0. The van der Waals surface area contributed by atoms with E-state index in [4.69, 9.17) is 9.73 Å². The van der Waals surface area contributed by atoms with Crippen LogP contribution >= 0.6 is 11.8 Å². The van der Waals surface area contributed by atoms with Gasteiger partial charge in [-0.3, -0.25) is 9.79 Å². The van der Waals surface area contributed by atoms with Crippen LogP contribution in [0, 0.1) is 0 Å². The normalized spacial score (nSPS) is 13.9. The van der Waals surface area contributed by atoms with Gasteiger partial charge in [0.05, 0.1) is 13.1 Å². The average molecular weight is 324 g/mol. The molecule has 1 aromatic carbocycles. The van der Waals surface area contributed by atoms with Gasteiger partial charge in [-0.25, -0.2) is 0 Å². The van der Waals surface area contributed by atoms with E-state index in [2.05, 4.69) is 38.0 Å². The Balaban J connectivity index is 2.87. The third-order valence-electron chi connectivity index (χ3n) is 2.86. The van der Waals surface area contributed by atoms with Gasteiger partial charge in [0.2, 0.25) is 0 Å². The zero-order valence-corrected chi connectivity index (χ0v) is 15.6. The molecule has 0 aliphatic heterocycles. The van der Waals surface area contributed by atoms with Gasteiger partial charge in [-0.1, -0.05) is 43.9 Å². The molecule has 0 saturated carbocycles.